The number of nitrogens with zero attached hydrogens (tertiary/aromatic N) is 1. The summed E-state index contributed by atoms with van der Waals surface area (Å²) in [6, 6.07) is 13.2. The summed E-state index contributed by atoms with van der Waals surface area (Å²) in [6.45, 7) is 0. The minimum absolute atomic E-state index is 0.219. The number of halogens is 1. The summed E-state index contributed by atoms with van der Waals surface area (Å²) >= 11 is 6.03. The van der Waals surface area contributed by atoms with Gasteiger partial charge in [-0.15, -0.1) is 0 Å². The van der Waals surface area contributed by atoms with Crippen LogP contribution in [0, 0.1) is 11.3 Å². The number of hydrogen-bond acceptors (Lipinski definition) is 3. The van der Waals surface area contributed by atoms with E-state index in [1.54, 1.807) is 30.3 Å². The second-order valence-electron chi connectivity index (χ2n) is 3.81. The minimum Gasteiger partial charge on any atom is -0.478 e. The number of nitrogens with one attached hydrogen (secondary N) is 1. The van der Waals surface area contributed by atoms with Gasteiger partial charge in [-0.1, -0.05) is 11.6 Å². The molecular formula is C14H9ClN2O2. The van der Waals surface area contributed by atoms with Gasteiger partial charge in [-0.2, -0.15) is 5.26 Å². The number of carboxylic acids is 1. The molecule has 0 saturated heterocycles. The molecule has 0 saturated carbocycles. The van der Waals surface area contributed by atoms with Crippen LogP contribution in [0.5, 0.6) is 0 Å². The van der Waals surface area contributed by atoms with Gasteiger partial charge in [0.25, 0.3) is 0 Å². The summed E-state index contributed by atoms with van der Waals surface area (Å²) in [7, 11) is 0. The Labute approximate surface area is 114 Å². The zero-order valence-corrected chi connectivity index (χ0v) is 10.5. The van der Waals surface area contributed by atoms with Crippen LogP contribution in [0.4, 0.5) is 11.4 Å². The van der Waals surface area contributed by atoms with Gasteiger partial charge in [0.05, 0.1) is 27.9 Å². The monoisotopic (exact) mass is 272 g/mol. The first-order valence-electron chi connectivity index (χ1n) is 5.40. The van der Waals surface area contributed by atoms with Gasteiger partial charge in [-0.05, 0) is 42.5 Å². The maximum Gasteiger partial charge on any atom is 0.335 e. The molecule has 94 valence electrons. The summed E-state index contributed by atoms with van der Waals surface area (Å²) in [6.07, 6.45) is 0. The van der Waals surface area contributed by atoms with Crippen molar-refractivity contribution in [1.29, 1.82) is 5.26 Å². The Morgan fingerprint density at radius 2 is 1.89 bits per heavy atom. The Morgan fingerprint density at radius 3 is 2.42 bits per heavy atom. The molecule has 2 rings (SSSR count). The Balaban J connectivity index is 2.22. The molecule has 0 unspecified atom stereocenters. The van der Waals surface area contributed by atoms with Crippen molar-refractivity contribution in [2.24, 2.45) is 0 Å². The largest absolute Gasteiger partial charge is 0.478 e. The maximum absolute atomic E-state index is 10.7. The van der Waals surface area contributed by atoms with E-state index >= 15 is 0 Å². The highest BCUT2D eigenvalue weighted by molar-refractivity contribution is 6.33. The summed E-state index contributed by atoms with van der Waals surface area (Å²) < 4.78 is 0. The number of rotatable bonds is 3. The van der Waals surface area contributed by atoms with Crippen LogP contribution in [-0.2, 0) is 0 Å². The van der Waals surface area contributed by atoms with E-state index in [9.17, 15) is 4.79 Å². The molecule has 19 heavy (non-hydrogen) atoms. The standard InChI is InChI=1S/C14H9ClN2O2/c15-12-7-9(8-16)1-6-13(12)17-11-4-2-10(3-5-11)14(18)19/h1-7,17H,(H,18,19). The van der Waals surface area contributed by atoms with Crippen LogP contribution in [0.2, 0.25) is 5.02 Å². The highest BCUT2D eigenvalue weighted by Gasteiger charge is 2.04. The molecule has 0 atom stereocenters. The van der Waals surface area contributed by atoms with Gasteiger partial charge < -0.3 is 10.4 Å². The molecule has 0 heterocycles. The van der Waals surface area contributed by atoms with Crippen molar-refractivity contribution in [3.63, 3.8) is 0 Å². The number of hydrogen-bond donors (Lipinski definition) is 2. The van der Waals surface area contributed by atoms with Crippen LogP contribution < -0.4 is 5.32 Å². The van der Waals surface area contributed by atoms with E-state index in [1.165, 1.54) is 12.1 Å². The average Bonchev–Trinajstić information content (AvgIpc) is 2.41. The predicted octanol–water partition coefficient (Wildman–Crippen LogP) is 3.65. The quantitative estimate of drug-likeness (QED) is 0.894. The maximum atomic E-state index is 10.7. The first-order valence-corrected chi connectivity index (χ1v) is 5.78. The topological polar surface area (TPSA) is 73.1 Å². The second-order valence-corrected chi connectivity index (χ2v) is 4.22. The van der Waals surface area contributed by atoms with Crippen LogP contribution >= 0.6 is 11.6 Å². The number of nitriles is 1. The van der Waals surface area contributed by atoms with Gasteiger partial charge in [0.2, 0.25) is 0 Å². The molecule has 4 nitrogen and oxygen atoms in total. The minimum atomic E-state index is -0.969. The third kappa shape index (κ3) is 3.03. The third-order valence-corrected chi connectivity index (χ3v) is 2.82. The molecule has 0 spiro atoms. The van der Waals surface area contributed by atoms with Crippen molar-refractivity contribution >= 4 is 28.9 Å². The molecule has 0 radical (unpaired) electrons. The molecule has 0 aromatic heterocycles. The lowest BCUT2D eigenvalue weighted by Crippen LogP contribution is -1.97. The lowest BCUT2D eigenvalue weighted by atomic mass is 10.2. The fourth-order valence-electron chi connectivity index (χ4n) is 1.54. The first-order chi connectivity index (χ1) is 9.10. The Kier molecular flexibility index (Phi) is 3.69. The molecular weight excluding hydrogens is 264 g/mol. The van der Waals surface area contributed by atoms with Crippen molar-refractivity contribution in [1.82, 2.24) is 0 Å². The number of carbonyl (C=O) groups is 1. The molecule has 0 amide bonds. The van der Waals surface area contributed by atoms with Crippen LogP contribution in [0.1, 0.15) is 15.9 Å². The van der Waals surface area contributed by atoms with Gasteiger partial charge in [0.15, 0.2) is 0 Å². The Bertz CT molecular complexity index is 660. The Hall–Kier alpha value is -2.51. The highest BCUT2D eigenvalue weighted by Crippen LogP contribution is 2.26. The van der Waals surface area contributed by atoms with E-state index in [4.69, 9.17) is 22.0 Å². The summed E-state index contributed by atoms with van der Waals surface area (Å²) in [5, 5.41) is 21.0. The lowest BCUT2D eigenvalue weighted by Gasteiger charge is -2.08. The van der Waals surface area contributed by atoms with E-state index < -0.39 is 5.97 Å². The second kappa shape index (κ2) is 5.42. The van der Waals surface area contributed by atoms with Crippen molar-refractivity contribution < 1.29 is 9.90 Å². The molecule has 0 aliphatic rings. The lowest BCUT2D eigenvalue weighted by molar-refractivity contribution is 0.0697. The van der Waals surface area contributed by atoms with Crippen molar-refractivity contribution in [3.05, 3.63) is 58.6 Å². The molecule has 0 aliphatic carbocycles. The molecule has 0 aliphatic heterocycles. The van der Waals surface area contributed by atoms with E-state index in [1.807, 2.05) is 6.07 Å². The molecule has 0 bridgehead atoms. The van der Waals surface area contributed by atoms with Crippen molar-refractivity contribution in [2.75, 3.05) is 5.32 Å². The van der Waals surface area contributed by atoms with Gasteiger partial charge in [-0.25, -0.2) is 4.79 Å². The van der Waals surface area contributed by atoms with E-state index in [2.05, 4.69) is 5.32 Å². The fourth-order valence-corrected chi connectivity index (χ4v) is 1.77. The summed E-state index contributed by atoms with van der Waals surface area (Å²) in [5.74, 6) is -0.969. The predicted molar refractivity (Wildman–Crippen MR) is 72.9 cm³/mol. The molecule has 0 fully saturated rings. The number of carboxylic acid groups (broad SMARTS) is 1. The van der Waals surface area contributed by atoms with Gasteiger partial charge >= 0.3 is 5.97 Å². The zero-order chi connectivity index (χ0) is 13.8. The average molecular weight is 273 g/mol. The number of benzene rings is 2. The van der Waals surface area contributed by atoms with Crippen molar-refractivity contribution in [2.45, 2.75) is 0 Å². The van der Waals surface area contributed by atoms with Gasteiger partial charge in [-0.3, -0.25) is 0 Å². The number of aromatic carboxylic acids is 1. The van der Waals surface area contributed by atoms with Crippen molar-refractivity contribution in [3.8, 4) is 6.07 Å². The van der Waals surface area contributed by atoms with Crippen LogP contribution in [0.25, 0.3) is 0 Å². The smallest absolute Gasteiger partial charge is 0.335 e. The van der Waals surface area contributed by atoms with Crippen LogP contribution in [-0.4, -0.2) is 11.1 Å². The zero-order valence-electron chi connectivity index (χ0n) is 9.72. The molecule has 2 aromatic carbocycles. The number of anilines is 2. The van der Waals surface area contributed by atoms with Crippen LogP contribution in [0.15, 0.2) is 42.5 Å². The SMILES string of the molecule is N#Cc1ccc(Nc2ccc(C(=O)O)cc2)c(Cl)c1. The normalized spacial score (nSPS) is 9.68. The molecule has 2 aromatic rings. The van der Waals surface area contributed by atoms with E-state index in [0.29, 0.717) is 16.3 Å². The van der Waals surface area contributed by atoms with Crippen LogP contribution in [0.3, 0.4) is 0 Å². The molecule has 5 heteroatoms. The molecule has 2 N–H and O–H groups in total. The summed E-state index contributed by atoms with van der Waals surface area (Å²) in [4.78, 5) is 10.7. The highest BCUT2D eigenvalue weighted by atomic mass is 35.5. The Morgan fingerprint density at radius 1 is 1.21 bits per heavy atom. The third-order valence-electron chi connectivity index (χ3n) is 2.51. The first kappa shape index (κ1) is 12.9. The fraction of sp³-hybridized carbons (Fsp3) is 0. The van der Waals surface area contributed by atoms with Gasteiger partial charge in [0, 0.05) is 5.69 Å². The van der Waals surface area contributed by atoms with E-state index in [0.717, 1.165) is 5.69 Å². The summed E-state index contributed by atoms with van der Waals surface area (Å²) in [5.41, 5.74) is 2.08. The van der Waals surface area contributed by atoms with Gasteiger partial charge in [0.1, 0.15) is 0 Å². The van der Waals surface area contributed by atoms with E-state index in [-0.39, 0.29) is 5.56 Å².